The number of thiazole rings is 1. The molecule has 1 aromatic rings. The Hall–Kier alpha value is -1.25. The van der Waals surface area contributed by atoms with Crippen molar-refractivity contribution in [2.45, 2.75) is 77.5 Å². The third kappa shape index (κ3) is 6.40. The van der Waals surface area contributed by atoms with E-state index in [4.69, 9.17) is 4.74 Å². The first-order valence-corrected chi connectivity index (χ1v) is 10.6. The van der Waals surface area contributed by atoms with Gasteiger partial charge in [-0.2, -0.15) is 0 Å². The van der Waals surface area contributed by atoms with Crippen LogP contribution < -0.4 is 0 Å². The summed E-state index contributed by atoms with van der Waals surface area (Å²) in [6, 6.07) is -0.155. The number of nitrogens with zero attached hydrogens (tertiary/aromatic N) is 2. The van der Waals surface area contributed by atoms with E-state index in [-0.39, 0.29) is 17.9 Å². The molecule has 8 heteroatoms. The Morgan fingerprint density at radius 3 is 2.78 bits per heavy atom. The lowest BCUT2D eigenvalue weighted by Crippen LogP contribution is -2.57. The van der Waals surface area contributed by atoms with Crippen LogP contribution >= 0.6 is 27.3 Å². The summed E-state index contributed by atoms with van der Waals surface area (Å²) in [4.78, 5) is 29.9. The minimum absolute atomic E-state index is 0.101. The summed E-state index contributed by atoms with van der Waals surface area (Å²) >= 11 is 4.83. The lowest BCUT2D eigenvalue weighted by Gasteiger charge is -2.40. The fraction of sp³-hybridized carbons (Fsp3) is 0.632. The number of aliphatic hydroxyl groups excluding tert-OH is 1. The highest BCUT2D eigenvalue weighted by Gasteiger charge is 2.43. The number of allylic oxidation sites excluding steroid dienone is 1. The molecule has 1 aromatic heterocycles. The summed E-state index contributed by atoms with van der Waals surface area (Å²) in [5.74, 6) is -0.0934. The molecule has 2 amide bonds. The van der Waals surface area contributed by atoms with Crippen molar-refractivity contribution in [1.29, 1.82) is 0 Å². The smallest absolute Gasteiger partial charge is 0.417 e. The average molecular weight is 459 g/mol. The number of ether oxygens (including phenoxy) is 1. The van der Waals surface area contributed by atoms with Crippen molar-refractivity contribution in [1.82, 2.24) is 9.88 Å². The second-order valence-corrected chi connectivity index (χ2v) is 10.1. The molecule has 0 aliphatic carbocycles. The van der Waals surface area contributed by atoms with Gasteiger partial charge in [0.05, 0.1) is 22.8 Å². The van der Waals surface area contributed by atoms with Gasteiger partial charge in [0.25, 0.3) is 0 Å². The summed E-state index contributed by atoms with van der Waals surface area (Å²) in [6.45, 7) is 9.25. The van der Waals surface area contributed by atoms with Gasteiger partial charge in [0, 0.05) is 24.1 Å². The summed E-state index contributed by atoms with van der Waals surface area (Å²) in [7, 11) is 0. The third-order valence-electron chi connectivity index (χ3n) is 4.14. The Morgan fingerprint density at radius 1 is 1.56 bits per heavy atom. The van der Waals surface area contributed by atoms with E-state index in [1.165, 1.54) is 16.2 Å². The number of carbonyl (C=O) groups is 2. The molecular weight excluding hydrogens is 432 g/mol. The van der Waals surface area contributed by atoms with Gasteiger partial charge in [-0.3, -0.25) is 4.79 Å². The van der Waals surface area contributed by atoms with Crippen LogP contribution in [0.1, 0.15) is 64.1 Å². The summed E-state index contributed by atoms with van der Waals surface area (Å²) in [5, 5.41) is 12.8. The van der Waals surface area contributed by atoms with Crippen LogP contribution in [-0.4, -0.2) is 44.7 Å². The van der Waals surface area contributed by atoms with Crippen LogP contribution in [0.15, 0.2) is 15.9 Å². The summed E-state index contributed by atoms with van der Waals surface area (Å²) in [5.41, 5.74) is 0.292. The van der Waals surface area contributed by atoms with Crippen LogP contribution in [-0.2, 0) is 16.0 Å². The molecule has 0 radical (unpaired) electrons. The Labute approximate surface area is 172 Å². The molecule has 150 valence electrons. The van der Waals surface area contributed by atoms with Crippen LogP contribution in [0.4, 0.5) is 4.79 Å². The number of likely N-dealkylation sites (tertiary alicyclic amines) is 1. The van der Waals surface area contributed by atoms with Crippen molar-refractivity contribution >= 4 is 39.3 Å². The van der Waals surface area contributed by atoms with E-state index < -0.39 is 17.8 Å². The number of rotatable bonds is 6. The van der Waals surface area contributed by atoms with E-state index in [1.54, 1.807) is 26.8 Å². The molecular formula is C19H27BrN2O4S. The van der Waals surface area contributed by atoms with Gasteiger partial charge in [-0.15, -0.1) is 11.3 Å². The Kier molecular flexibility index (Phi) is 7.21. The average Bonchev–Trinajstić information content (AvgIpc) is 2.91. The molecule has 6 nitrogen and oxygen atoms in total. The van der Waals surface area contributed by atoms with E-state index in [0.29, 0.717) is 19.3 Å². The number of carbonyl (C=O) groups excluding carboxylic acids is 2. The maximum atomic E-state index is 12.2. The van der Waals surface area contributed by atoms with E-state index >= 15 is 0 Å². The van der Waals surface area contributed by atoms with Crippen LogP contribution in [0.2, 0.25) is 0 Å². The van der Waals surface area contributed by atoms with Gasteiger partial charge < -0.3 is 9.84 Å². The number of hydrogen-bond donors (Lipinski definition) is 1. The molecule has 2 rings (SSSR count). The van der Waals surface area contributed by atoms with Gasteiger partial charge in [0.1, 0.15) is 5.60 Å². The number of amides is 2. The second-order valence-electron chi connectivity index (χ2n) is 7.93. The SMILES string of the molecule is C/C(Br)=C\[C@H](O)Cc1nc([C@@H](C)C[C@@H]2CC(=O)N2C(=O)OC(C)(C)C)cs1. The number of β-lactam (4-membered cyclic amide) rings is 1. The van der Waals surface area contributed by atoms with E-state index in [2.05, 4.69) is 20.9 Å². The first-order chi connectivity index (χ1) is 12.5. The minimum atomic E-state index is -0.629. The van der Waals surface area contributed by atoms with E-state index in [1.807, 2.05) is 19.2 Å². The molecule has 0 unspecified atom stereocenters. The standard InChI is InChI=1S/C19H27BrN2O4S/c1-11(15-10-27-16(21-15)9-14(23)7-12(2)20)6-13-8-17(24)22(13)18(25)26-19(3,4)5/h7,10-11,13-14,23H,6,8-9H2,1-5H3/b12-7+/t11-,13+,14-/m0/s1. The Morgan fingerprint density at radius 2 is 2.22 bits per heavy atom. The lowest BCUT2D eigenvalue weighted by molar-refractivity contribution is -0.144. The number of imide groups is 1. The van der Waals surface area contributed by atoms with Crippen molar-refractivity contribution in [2.24, 2.45) is 0 Å². The zero-order valence-corrected chi connectivity index (χ0v) is 18.8. The molecule has 1 saturated heterocycles. The van der Waals surface area contributed by atoms with Crippen molar-refractivity contribution in [3.63, 3.8) is 0 Å². The minimum Gasteiger partial charge on any atom is -0.443 e. The first-order valence-electron chi connectivity index (χ1n) is 8.97. The summed E-state index contributed by atoms with van der Waals surface area (Å²) < 4.78 is 6.21. The fourth-order valence-electron chi connectivity index (χ4n) is 2.91. The van der Waals surface area contributed by atoms with Crippen molar-refractivity contribution < 1.29 is 19.4 Å². The Balaban J connectivity index is 1.95. The predicted octanol–water partition coefficient (Wildman–Crippen LogP) is 4.37. The topological polar surface area (TPSA) is 79.7 Å². The molecule has 3 atom stereocenters. The van der Waals surface area contributed by atoms with Gasteiger partial charge in [0.2, 0.25) is 5.91 Å². The highest BCUT2D eigenvalue weighted by molar-refractivity contribution is 9.11. The van der Waals surface area contributed by atoms with E-state index in [9.17, 15) is 14.7 Å². The highest BCUT2D eigenvalue weighted by Crippen LogP contribution is 2.32. The molecule has 27 heavy (non-hydrogen) atoms. The van der Waals surface area contributed by atoms with Crippen molar-refractivity contribution in [2.75, 3.05) is 0 Å². The molecule has 0 spiro atoms. The molecule has 1 aliphatic heterocycles. The maximum absolute atomic E-state index is 12.2. The third-order valence-corrected chi connectivity index (χ3v) is 5.29. The number of hydrogen-bond acceptors (Lipinski definition) is 6. The van der Waals surface area contributed by atoms with Crippen molar-refractivity contribution in [3.05, 3.63) is 26.6 Å². The fourth-order valence-corrected chi connectivity index (χ4v) is 4.18. The van der Waals surface area contributed by atoms with Crippen molar-refractivity contribution in [3.8, 4) is 0 Å². The first kappa shape index (κ1) is 22.0. The number of halogens is 1. The number of aliphatic hydroxyl groups is 1. The van der Waals surface area contributed by atoms with Crippen LogP contribution in [0.3, 0.4) is 0 Å². The van der Waals surface area contributed by atoms with Crippen LogP contribution in [0, 0.1) is 0 Å². The van der Waals surface area contributed by atoms with Gasteiger partial charge in [0.15, 0.2) is 0 Å². The van der Waals surface area contributed by atoms with Crippen LogP contribution in [0.25, 0.3) is 0 Å². The molecule has 0 aromatic carbocycles. The van der Waals surface area contributed by atoms with Gasteiger partial charge in [-0.1, -0.05) is 22.9 Å². The maximum Gasteiger partial charge on any atom is 0.417 e. The summed E-state index contributed by atoms with van der Waals surface area (Å²) in [6.07, 6.45) is 2.06. The largest absolute Gasteiger partial charge is 0.443 e. The predicted molar refractivity (Wildman–Crippen MR) is 109 cm³/mol. The highest BCUT2D eigenvalue weighted by atomic mass is 79.9. The second kappa shape index (κ2) is 8.84. The van der Waals surface area contributed by atoms with Gasteiger partial charge >= 0.3 is 6.09 Å². The van der Waals surface area contributed by atoms with E-state index in [0.717, 1.165) is 15.2 Å². The van der Waals surface area contributed by atoms with Gasteiger partial charge in [-0.05, 0) is 44.7 Å². The molecule has 0 bridgehead atoms. The lowest BCUT2D eigenvalue weighted by atomic mass is 9.91. The molecule has 1 aliphatic rings. The molecule has 1 fully saturated rings. The normalized spacial score (nSPS) is 20.3. The zero-order chi connectivity index (χ0) is 20.4. The molecule has 1 N–H and O–H groups in total. The quantitative estimate of drug-likeness (QED) is 0.639. The number of aromatic nitrogens is 1. The Bertz CT molecular complexity index is 722. The molecule has 2 heterocycles. The van der Waals surface area contributed by atoms with Crippen LogP contribution in [0.5, 0.6) is 0 Å². The zero-order valence-electron chi connectivity index (χ0n) is 16.4. The monoisotopic (exact) mass is 458 g/mol. The molecule has 0 saturated carbocycles. The van der Waals surface area contributed by atoms with Gasteiger partial charge in [-0.25, -0.2) is 14.7 Å².